The molecular formula is C12H15N5. The van der Waals surface area contributed by atoms with Gasteiger partial charge >= 0.3 is 0 Å². The van der Waals surface area contributed by atoms with E-state index in [0.717, 1.165) is 18.5 Å². The number of hydrogen-bond donors (Lipinski definition) is 2. The Morgan fingerprint density at radius 3 is 3.06 bits per heavy atom. The summed E-state index contributed by atoms with van der Waals surface area (Å²) in [7, 11) is 1.80. The maximum atomic E-state index is 5.69. The quantitative estimate of drug-likeness (QED) is 0.776. The zero-order valence-corrected chi connectivity index (χ0v) is 9.77. The van der Waals surface area contributed by atoms with Crippen molar-refractivity contribution in [3.8, 4) is 11.4 Å². The first-order valence-electron chi connectivity index (χ1n) is 5.78. The van der Waals surface area contributed by atoms with Gasteiger partial charge in [0.2, 0.25) is 5.95 Å². The van der Waals surface area contributed by atoms with Crippen LogP contribution in [0.1, 0.15) is 12.0 Å². The molecule has 1 aliphatic rings. The molecule has 1 aromatic carbocycles. The fourth-order valence-electron chi connectivity index (χ4n) is 2.13. The Morgan fingerprint density at radius 1 is 1.41 bits per heavy atom. The van der Waals surface area contributed by atoms with Gasteiger partial charge in [0.15, 0.2) is 5.82 Å². The zero-order valence-electron chi connectivity index (χ0n) is 9.77. The van der Waals surface area contributed by atoms with Crippen LogP contribution in [0.4, 0.5) is 11.6 Å². The van der Waals surface area contributed by atoms with Gasteiger partial charge in [0.05, 0.1) is 0 Å². The van der Waals surface area contributed by atoms with Gasteiger partial charge in [-0.05, 0) is 36.6 Å². The first-order valence-corrected chi connectivity index (χ1v) is 5.78. The highest BCUT2D eigenvalue weighted by Gasteiger charge is 2.12. The standard InChI is InChI=1S/C12H15N5/c1-17-12(13)15-11(16-17)9-4-5-10-8(7-9)3-2-6-14-10/h4-5,7,14H,2-3,6H2,1H3,(H2,13,15,16). The second-order valence-corrected chi connectivity index (χ2v) is 4.32. The molecule has 2 heterocycles. The summed E-state index contributed by atoms with van der Waals surface area (Å²) >= 11 is 0. The molecule has 0 bridgehead atoms. The van der Waals surface area contributed by atoms with Crippen LogP contribution in [0.3, 0.4) is 0 Å². The van der Waals surface area contributed by atoms with Gasteiger partial charge in [-0.1, -0.05) is 0 Å². The van der Waals surface area contributed by atoms with Crippen LogP contribution in [-0.4, -0.2) is 21.3 Å². The normalized spacial score (nSPS) is 14.2. The van der Waals surface area contributed by atoms with Crippen LogP contribution in [0.15, 0.2) is 18.2 Å². The van der Waals surface area contributed by atoms with Gasteiger partial charge in [-0.3, -0.25) is 0 Å². The Labute approximate surface area is 99.7 Å². The Balaban J connectivity index is 2.03. The predicted molar refractivity (Wildman–Crippen MR) is 67.7 cm³/mol. The van der Waals surface area contributed by atoms with Crippen molar-refractivity contribution in [2.75, 3.05) is 17.6 Å². The second-order valence-electron chi connectivity index (χ2n) is 4.32. The lowest BCUT2D eigenvalue weighted by Crippen LogP contribution is -2.11. The van der Waals surface area contributed by atoms with Crippen LogP contribution in [0.5, 0.6) is 0 Å². The van der Waals surface area contributed by atoms with Crippen molar-refractivity contribution in [2.45, 2.75) is 12.8 Å². The van der Waals surface area contributed by atoms with Crippen molar-refractivity contribution < 1.29 is 0 Å². The number of benzene rings is 1. The topological polar surface area (TPSA) is 68.8 Å². The summed E-state index contributed by atoms with van der Waals surface area (Å²) in [5.41, 5.74) is 9.28. The van der Waals surface area contributed by atoms with Crippen LogP contribution >= 0.6 is 0 Å². The lowest BCUT2D eigenvalue weighted by molar-refractivity contribution is 0.780. The Morgan fingerprint density at radius 2 is 2.29 bits per heavy atom. The molecule has 1 aliphatic heterocycles. The number of nitrogens with two attached hydrogens (primary N) is 1. The van der Waals surface area contributed by atoms with Gasteiger partial charge < -0.3 is 11.1 Å². The highest BCUT2D eigenvalue weighted by atomic mass is 15.4. The molecule has 17 heavy (non-hydrogen) atoms. The smallest absolute Gasteiger partial charge is 0.218 e. The summed E-state index contributed by atoms with van der Waals surface area (Å²) in [6.45, 7) is 1.06. The Bertz CT molecular complexity index is 539. The van der Waals surface area contributed by atoms with Crippen LogP contribution < -0.4 is 11.1 Å². The first kappa shape index (κ1) is 10.1. The average molecular weight is 229 g/mol. The van der Waals surface area contributed by atoms with Crippen LogP contribution in [0.25, 0.3) is 11.4 Å². The van der Waals surface area contributed by atoms with Gasteiger partial charge in [0.25, 0.3) is 0 Å². The number of nitrogen functional groups attached to an aromatic ring is 1. The van der Waals surface area contributed by atoms with Crippen LogP contribution in [0, 0.1) is 0 Å². The molecule has 3 rings (SSSR count). The van der Waals surface area contributed by atoms with E-state index in [4.69, 9.17) is 5.73 Å². The molecule has 0 radical (unpaired) electrons. The molecule has 2 aromatic rings. The molecule has 0 saturated carbocycles. The van der Waals surface area contributed by atoms with E-state index in [-0.39, 0.29) is 0 Å². The largest absolute Gasteiger partial charge is 0.385 e. The number of aryl methyl sites for hydroxylation is 2. The monoisotopic (exact) mass is 229 g/mol. The molecular weight excluding hydrogens is 214 g/mol. The molecule has 3 N–H and O–H groups in total. The van der Waals surface area contributed by atoms with Crippen LogP contribution in [0.2, 0.25) is 0 Å². The third-order valence-electron chi connectivity index (χ3n) is 3.10. The lowest BCUT2D eigenvalue weighted by Gasteiger charge is -2.18. The van der Waals surface area contributed by atoms with Crippen molar-refractivity contribution in [3.63, 3.8) is 0 Å². The van der Waals surface area contributed by atoms with E-state index in [0.29, 0.717) is 11.8 Å². The fourth-order valence-corrected chi connectivity index (χ4v) is 2.13. The minimum atomic E-state index is 0.441. The lowest BCUT2D eigenvalue weighted by atomic mass is 10.0. The number of fused-ring (bicyclic) bond motifs is 1. The van der Waals surface area contributed by atoms with Gasteiger partial charge in [0.1, 0.15) is 0 Å². The SMILES string of the molecule is Cn1nc(-c2ccc3c(c2)CCCN3)nc1N. The average Bonchev–Trinajstić information content (AvgIpc) is 2.69. The zero-order chi connectivity index (χ0) is 11.8. The van der Waals surface area contributed by atoms with Crippen LogP contribution in [-0.2, 0) is 13.5 Å². The summed E-state index contributed by atoms with van der Waals surface area (Å²) < 4.78 is 1.59. The maximum Gasteiger partial charge on any atom is 0.218 e. The fraction of sp³-hybridized carbons (Fsp3) is 0.333. The van der Waals surface area contributed by atoms with E-state index in [9.17, 15) is 0 Å². The van der Waals surface area contributed by atoms with Crippen molar-refractivity contribution >= 4 is 11.6 Å². The molecule has 5 nitrogen and oxygen atoms in total. The van der Waals surface area contributed by atoms with Crippen molar-refractivity contribution in [2.24, 2.45) is 7.05 Å². The third kappa shape index (κ3) is 1.73. The number of nitrogens with zero attached hydrogens (tertiary/aromatic N) is 3. The Hall–Kier alpha value is -2.04. The molecule has 5 heteroatoms. The number of anilines is 2. The molecule has 0 unspecified atom stereocenters. The number of hydrogen-bond acceptors (Lipinski definition) is 4. The molecule has 0 atom stereocenters. The minimum absolute atomic E-state index is 0.441. The number of rotatable bonds is 1. The molecule has 0 spiro atoms. The van der Waals surface area contributed by atoms with E-state index in [2.05, 4.69) is 27.5 Å². The summed E-state index contributed by atoms with van der Waals surface area (Å²) in [5, 5.41) is 7.68. The predicted octanol–water partition coefficient (Wildman–Crippen LogP) is 1.42. The third-order valence-corrected chi connectivity index (χ3v) is 3.10. The molecule has 0 saturated heterocycles. The Kier molecular flexibility index (Phi) is 2.24. The van der Waals surface area contributed by atoms with E-state index in [1.165, 1.54) is 17.7 Å². The minimum Gasteiger partial charge on any atom is -0.385 e. The summed E-state index contributed by atoms with van der Waals surface area (Å²) in [6.07, 6.45) is 2.28. The van der Waals surface area contributed by atoms with E-state index in [1.54, 1.807) is 11.7 Å². The highest BCUT2D eigenvalue weighted by molar-refractivity contribution is 5.65. The highest BCUT2D eigenvalue weighted by Crippen LogP contribution is 2.27. The molecule has 1 aromatic heterocycles. The van der Waals surface area contributed by atoms with Crippen molar-refractivity contribution in [3.05, 3.63) is 23.8 Å². The summed E-state index contributed by atoms with van der Waals surface area (Å²) in [4.78, 5) is 4.24. The number of aromatic nitrogens is 3. The second kappa shape index (κ2) is 3.76. The van der Waals surface area contributed by atoms with E-state index >= 15 is 0 Å². The van der Waals surface area contributed by atoms with Gasteiger partial charge in [-0.25, -0.2) is 4.68 Å². The molecule has 0 aliphatic carbocycles. The van der Waals surface area contributed by atoms with Gasteiger partial charge in [0, 0.05) is 24.8 Å². The van der Waals surface area contributed by atoms with Gasteiger partial charge in [-0.15, -0.1) is 5.10 Å². The van der Waals surface area contributed by atoms with Crippen molar-refractivity contribution in [1.82, 2.24) is 14.8 Å². The van der Waals surface area contributed by atoms with Gasteiger partial charge in [-0.2, -0.15) is 4.98 Å². The molecule has 0 fully saturated rings. The van der Waals surface area contributed by atoms with E-state index in [1.807, 2.05) is 6.07 Å². The first-order chi connectivity index (χ1) is 8.24. The molecule has 0 amide bonds. The van der Waals surface area contributed by atoms with E-state index < -0.39 is 0 Å². The summed E-state index contributed by atoms with van der Waals surface area (Å²) in [5.74, 6) is 1.13. The molecule has 88 valence electrons. The number of nitrogens with one attached hydrogen (secondary N) is 1. The summed E-state index contributed by atoms with van der Waals surface area (Å²) in [6, 6.07) is 6.28. The van der Waals surface area contributed by atoms with Crippen molar-refractivity contribution in [1.29, 1.82) is 0 Å². The maximum absolute atomic E-state index is 5.69.